The second-order valence-electron chi connectivity index (χ2n) is 4.75. The highest BCUT2D eigenvalue weighted by molar-refractivity contribution is 6.68. The van der Waals surface area contributed by atoms with Gasteiger partial charge in [0.15, 0.2) is 17.3 Å². The molecule has 0 atom stereocenters. The summed E-state index contributed by atoms with van der Waals surface area (Å²) in [6, 6.07) is 3.29. The molecule has 8 nitrogen and oxygen atoms in total. The van der Waals surface area contributed by atoms with Crippen LogP contribution in [0.4, 0.5) is 9.59 Å². The zero-order valence-electron chi connectivity index (χ0n) is 13.4. The third-order valence-electron chi connectivity index (χ3n) is 2.50. The summed E-state index contributed by atoms with van der Waals surface area (Å²) in [5, 5.41) is 8.93. The molecule has 0 amide bonds. The van der Waals surface area contributed by atoms with Crippen molar-refractivity contribution >= 4 is 87.7 Å². The van der Waals surface area contributed by atoms with Gasteiger partial charge in [0.25, 0.3) is 0 Å². The highest BCUT2D eigenvalue weighted by atomic mass is 35.6. The lowest BCUT2D eigenvalue weighted by Gasteiger charge is -2.14. The minimum absolute atomic E-state index is 0.0614. The molecule has 0 aromatic heterocycles. The van der Waals surface area contributed by atoms with Gasteiger partial charge in [-0.15, -0.1) is 0 Å². The zero-order chi connectivity index (χ0) is 21.5. The molecule has 0 fully saturated rings. The van der Waals surface area contributed by atoms with Gasteiger partial charge in [0.1, 0.15) is 19.8 Å². The number of carbonyl (C=O) groups is 3. The van der Waals surface area contributed by atoms with E-state index in [-0.39, 0.29) is 11.3 Å². The largest absolute Gasteiger partial charge is 0.514 e. The van der Waals surface area contributed by atoms with Crippen LogP contribution in [0, 0.1) is 0 Å². The fourth-order valence-electron chi connectivity index (χ4n) is 1.46. The van der Waals surface area contributed by atoms with E-state index in [1.807, 2.05) is 0 Å². The molecule has 1 aromatic carbocycles. The number of halogens is 6. The number of Topliss-reactive ketones (excluding diaryl/α,β-unsaturated/α-hetero) is 1. The minimum atomic E-state index is -1.89. The van der Waals surface area contributed by atoms with Gasteiger partial charge in [-0.2, -0.15) is 0 Å². The van der Waals surface area contributed by atoms with E-state index in [1.165, 1.54) is 6.07 Å². The predicted molar refractivity (Wildman–Crippen MR) is 102 cm³/mol. The van der Waals surface area contributed by atoms with Gasteiger partial charge >= 0.3 is 12.3 Å². The highest BCUT2D eigenvalue weighted by Gasteiger charge is 2.26. The van der Waals surface area contributed by atoms with Gasteiger partial charge in [0, 0.05) is 5.56 Å². The van der Waals surface area contributed by atoms with Crippen LogP contribution in [0.1, 0.15) is 10.4 Å². The molecule has 0 aliphatic rings. The topological polar surface area (TPSA) is 108 Å². The zero-order valence-corrected chi connectivity index (χ0v) is 18.0. The molecule has 0 unspecified atom stereocenters. The van der Waals surface area contributed by atoms with Crippen molar-refractivity contribution in [2.24, 2.45) is 0 Å². The van der Waals surface area contributed by atoms with Crippen LogP contribution >= 0.6 is 69.6 Å². The molecular weight excluding hydrogens is 509 g/mol. The van der Waals surface area contributed by atoms with E-state index < -0.39 is 51.2 Å². The highest BCUT2D eigenvalue weighted by Crippen LogP contribution is 2.31. The van der Waals surface area contributed by atoms with Gasteiger partial charge in [0.05, 0.1) is 0 Å². The first-order valence-electron chi connectivity index (χ1n) is 6.91. The van der Waals surface area contributed by atoms with Gasteiger partial charge in [-0.05, 0) is 18.2 Å². The summed E-state index contributed by atoms with van der Waals surface area (Å²) in [4.78, 5) is 35.0. The number of rotatable bonds is 6. The average molecular weight is 519 g/mol. The van der Waals surface area contributed by atoms with Crippen LogP contribution in [0.25, 0.3) is 0 Å². The van der Waals surface area contributed by atoms with Crippen molar-refractivity contribution in [3.8, 4) is 11.5 Å². The Labute approximate surface area is 188 Å². The SMILES string of the molecule is O=C(OCC(Cl)(Cl)Cl)Oc1ccc(C(=O)CO)cc1OC(=O)OCC(Cl)(Cl)Cl. The van der Waals surface area contributed by atoms with Crippen molar-refractivity contribution in [3.63, 3.8) is 0 Å². The lowest BCUT2D eigenvalue weighted by molar-refractivity contribution is 0.0890. The fourth-order valence-corrected chi connectivity index (χ4v) is 1.78. The normalized spacial score (nSPS) is 11.5. The molecule has 1 rings (SSSR count). The number of hydrogen-bond acceptors (Lipinski definition) is 8. The molecule has 0 aliphatic carbocycles. The summed E-state index contributed by atoms with van der Waals surface area (Å²) >= 11 is 32.7. The number of aliphatic hydroxyl groups excluding tert-OH is 1. The number of hydrogen-bond donors (Lipinski definition) is 1. The number of ether oxygens (including phenoxy) is 4. The lowest BCUT2D eigenvalue weighted by atomic mass is 10.1. The molecule has 0 bridgehead atoms. The van der Waals surface area contributed by atoms with Crippen LogP contribution in [0.2, 0.25) is 0 Å². The molecular formula is C14H10Cl6O8. The first kappa shape index (κ1) is 25.2. The molecule has 1 aromatic rings. The van der Waals surface area contributed by atoms with E-state index in [0.29, 0.717) is 0 Å². The molecule has 0 aliphatic heterocycles. The Morgan fingerprint density at radius 1 is 0.821 bits per heavy atom. The molecule has 0 radical (unpaired) electrons. The molecule has 0 saturated heterocycles. The number of ketones is 1. The maximum Gasteiger partial charge on any atom is 0.514 e. The third kappa shape index (κ3) is 10.1. The second kappa shape index (κ2) is 10.8. The number of benzene rings is 1. The van der Waals surface area contributed by atoms with Crippen molar-refractivity contribution < 1.29 is 38.4 Å². The lowest BCUT2D eigenvalue weighted by Crippen LogP contribution is -2.21. The molecule has 14 heteroatoms. The maximum atomic E-state index is 11.7. The van der Waals surface area contributed by atoms with Gasteiger partial charge in [-0.1, -0.05) is 69.6 Å². The molecule has 1 N–H and O–H groups in total. The van der Waals surface area contributed by atoms with Crippen LogP contribution in [-0.2, 0) is 9.47 Å². The Hall–Kier alpha value is -0.870. The summed E-state index contributed by atoms with van der Waals surface area (Å²) in [6.45, 7) is -2.09. The van der Waals surface area contributed by atoms with Gasteiger partial charge in [0.2, 0.25) is 7.59 Å². The average Bonchev–Trinajstić information content (AvgIpc) is 2.58. The Bertz CT molecular complexity index is 728. The first-order chi connectivity index (χ1) is 12.8. The van der Waals surface area contributed by atoms with Crippen molar-refractivity contribution in [2.75, 3.05) is 19.8 Å². The number of carbonyl (C=O) groups excluding carboxylic acids is 3. The molecule has 0 saturated carbocycles. The van der Waals surface area contributed by atoms with Crippen LogP contribution in [0.15, 0.2) is 18.2 Å². The van der Waals surface area contributed by atoms with E-state index in [4.69, 9.17) is 84.2 Å². The summed E-state index contributed by atoms with van der Waals surface area (Å²) < 4.78 is 15.0. The third-order valence-corrected chi connectivity index (χ3v) is 3.16. The number of aliphatic hydroxyl groups is 1. The van der Waals surface area contributed by atoms with Crippen molar-refractivity contribution in [2.45, 2.75) is 7.59 Å². The van der Waals surface area contributed by atoms with E-state index in [1.54, 1.807) is 0 Å². The van der Waals surface area contributed by atoms with Gasteiger partial charge < -0.3 is 24.1 Å². The molecule has 156 valence electrons. The minimum Gasteiger partial charge on any atom is -0.429 e. The van der Waals surface area contributed by atoms with Gasteiger partial charge in [-0.3, -0.25) is 4.79 Å². The van der Waals surface area contributed by atoms with Crippen LogP contribution in [0.3, 0.4) is 0 Å². The summed E-state index contributed by atoms with van der Waals surface area (Å²) in [7, 11) is 0. The Morgan fingerprint density at radius 2 is 1.29 bits per heavy atom. The summed E-state index contributed by atoms with van der Waals surface area (Å²) in [5.41, 5.74) is -0.0614. The Balaban J connectivity index is 2.97. The van der Waals surface area contributed by atoms with Crippen LogP contribution in [-0.4, -0.2) is 50.6 Å². The molecule has 28 heavy (non-hydrogen) atoms. The quantitative estimate of drug-likeness (QED) is 0.251. The van der Waals surface area contributed by atoms with E-state index in [0.717, 1.165) is 12.1 Å². The summed E-state index contributed by atoms with van der Waals surface area (Å²) in [5.74, 6) is -1.49. The van der Waals surface area contributed by atoms with Crippen molar-refractivity contribution in [1.82, 2.24) is 0 Å². The monoisotopic (exact) mass is 516 g/mol. The fraction of sp³-hybridized carbons (Fsp3) is 0.357. The van der Waals surface area contributed by atoms with Crippen molar-refractivity contribution in [1.29, 1.82) is 0 Å². The predicted octanol–water partition coefficient (Wildman–Crippen LogP) is 4.63. The second-order valence-corrected chi connectivity index (χ2v) is 9.79. The van der Waals surface area contributed by atoms with Crippen LogP contribution in [0.5, 0.6) is 11.5 Å². The van der Waals surface area contributed by atoms with E-state index in [2.05, 4.69) is 9.47 Å². The smallest absolute Gasteiger partial charge is 0.429 e. The van der Waals surface area contributed by atoms with Crippen LogP contribution < -0.4 is 9.47 Å². The first-order valence-corrected chi connectivity index (χ1v) is 9.18. The Morgan fingerprint density at radius 3 is 1.71 bits per heavy atom. The summed E-state index contributed by atoms with van der Waals surface area (Å²) in [6.07, 6.45) is -2.63. The molecule has 0 heterocycles. The Kier molecular flexibility index (Phi) is 9.69. The van der Waals surface area contributed by atoms with E-state index in [9.17, 15) is 14.4 Å². The molecule has 0 spiro atoms. The van der Waals surface area contributed by atoms with Crippen molar-refractivity contribution in [3.05, 3.63) is 23.8 Å². The number of alkyl halides is 6. The van der Waals surface area contributed by atoms with Gasteiger partial charge in [-0.25, -0.2) is 9.59 Å². The standard InChI is InChI=1S/C14H10Cl6O8/c15-13(16,17)5-25-11(23)27-9-2-1-7(8(22)4-21)3-10(9)28-12(24)26-6-14(18,19)20/h1-3,21H,4-6H2. The van der Waals surface area contributed by atoms with E-state index >= 15 is 0 Å². The maximum absolute atomic E-state index is 11.7.